The lowest BCUT2D eigenvalue weighted by Crippen LogP contribution is -1.95. The predicted molar refractivity (Wildman–Crippen MR) is 49.9 cm³/mol. The van der Waals surface area contributed by atoms with Crippen molar-refractivity contribution < 1.29 is 18.7 Å². The van der Waals surface area contributed by atoms with E-state index >= 15 is 0 Å². The molecule has 2 N–H and O–H groups in total. The van der Waals surface area contributed by atoms with Gasteiger partial charge in [-0.15, -0.1) is 0 Å². The van der Waals surface area contributed by atoms with E-state index in [1.807, 2.05) is 0 Å². The first-order valence-corrected chi connectivity index (χ1v) is 4.21. The number of aromatic nitrogens is 1. The molecule has 0 radical (unpaired) electrons. The summed E-state index contributed by atoms with van der Waals surface area (Å²) in [4.78, 5) is 13.1. The molecule has 0 aliphatic heterocycles. The normalized spacial score (nSPS) is 10.9. The lowest BCUT2D eigenvalue weighted by Gasteiger charge is -1.99. The van der Waals surface area contributed by atoms with Crippen LogP contribution < -0.4 is 0 Å². The van der Waals surface area contributed by atoms with Crippen molar-refractivity contribution in [1.82, 2.24) is 4.98 Å². The second kappa shape index (κ2) is 3.05. The van der Waals surface area contributed by atoms with Gasteiger partial charge in [0.15, 0.2) is 0 Å². The number of aromatic amines is 1. The van der Waals surface area contributed by atoms with Crippen LogP contribution in [0, 0.1) is 18.6 Å². The van der Waals surface area contributed by atoms with Gasteiger partial charge in [-0.2, -0.15) is 0 Å². The van der Waals surface area contributed by atoms with Crippen LogP contribution in [0.25, 0.3) is 10.9 Å². The Morgan fingerprint density at radius 2 is 2.00 bits per heavy atom. The second-order valence-corrected chi connectivity index (χ2v) is 3.24. The third-order valence-electron chi connectivity index (χ3n) is 2.29. The highest BCUT2D eigenvalue weighted by Crippen LogP contribution is 2.24. The minimum Gasteiger partial charge on any atom is -0.477 e. The number of carbonyl (C=O) groups is 1. The van der Waals surface area contributed by atoms with E-state index in [0.29, 0.717) is 0 Å². The zero-order valence-corrected chi connectivity index (χ0v) is 7.77. The van der Waals surface area contributed by atoms with Gasteiger partial charge in [0.05, 0.1) is 5.52 Å². The third-order valence-corrected chi connectivity index (χ3v) is 2.29. The van der Waals surface area contributed by atoms with E-state index < -0.39 is 17.6 Å². The molecule has 1 aromatic carbocycles. The predicted octanol–water partition coefficient (Wildman–Crippen LogP) is 2.45. The van der Waals surface area contributed by atoms with Gasteiger partial charge in [-0.3, -0.25) is 0 Å². The standard InChI is InChI=1S/C10H7F2NO2/c1-4-6(11)3-7(12)5-2-8(10(14)15)13-9(4)5/h2-3,13H,1H3,(H,14,15). The first kappa shape index (κ1) is 9.64. The highest BCUT2D eigenvalue weighted by atomic mass is 19.1. The van der Waals surface area contributed by atoms with Crippen molar-refractivity contribution in [3.63, 3.8) is 0 Å². The average Bonchev–Trinajstić information content (AvgIpc) is 2.59. The van der Waals surface area contributed by atoms with Crippen LogP contribution in [0.5, 0.6) is 0 Å². The SMILES string of the molecule is Cc1c(F)cc(F)c2cc(C(=O)O)[nH]c12. The van der Waals surface area contributed by atoms with E-state index in [1.165, 1.54) is 6.92 Å². The number of carboxylic acid groups (broad SMARTS) is 1. The molecule has 0 bridgehead atoms. The number of carboxylic acids is 1. The smallest absolute Gasteiger partial charge is 0.352 e. The first-order chi connectivity index (χ1) is 7.00. The molecule has 0 amide bonds. The van der Waals surface area contributed by atoms with Gasteiger partial charge in [0.2, 0.25) is 0 Å². The van der Waals surface area contributed by atoms with E-state index in [-0.39, 0.29) is 22.2 Å². The molecule has 0 fully saturated rings. The van der Waals surface area contributed by atoms with Gasteiger partial charge < -0.3 is 10.1 Å². The molecular weight excluding hydrogens is 204 g/mol. The lowest BCUT2D eigenvalue weighted by molar-refractivity contribution is 0.0691. The maximum atomic E-state index is 13.3. The van der Waals surface area contributed by atoms with Crippen molar-refractivity contribution in [2.75, 3.05) is 0 Å². The Hall–Kier alpha value is -1.91. The number of nitrogens with one attached hydrogen (secondary N) is 1. The van der Waals surface area contributed by atoms with Crippen LogP contribution in [0.4, 0.5) is 8.78 Å². The number of hydrogen-bond acceptors (Lipinski definition) is 1. The summed E-state index contributed by atoms with van der Waals surface area (Å²) in [6, 6.07) is 1.90. The molecule has 78 valence electrons. The van der Waals surface area contributed by atoms with Crippen molar-refractivity contribution in [2.24, 2.45) is 0 Å². The molecule has 2 rings (SSSR count). The molecule has 0 unspecified atom stereocenters. The fourth-order valence-electron chi connectivity index (χ4n) is 1.47. The van der Waals surface area contributed by atoms with Gasteiger partial charge in [-0.05, 0) is 13.0 Å². The second-order valence-electron chi connectivity index (χ2n) is 3.24. The fraction of sp³-hybridized carbons (Fsp3) is 0.100. The number of aryl methyl sites for hydroxylation is 1. The van der Waals surface area contributed by atoms with Crippen LogP contribution in [0.3, 0.4) is 0 Å². The minimum absolute atomic E-state index is 0.0892. The Bertz CT molecular complexity index is 560. The summed E-state index contributed by atoms with van der Waals surface area (Å²) >= 11 is 0. The molecule has 3 nitrogen and oxygen atoms in total. The molecule has 15 heavy (non-hydrogen) atoms. The Morgan fingerprint density at radius 3 is 2.60 bits per heavy atom. The lowest BCUT2D eigenvalue weighted by atomic mass is 10.1. The first-order valence-electron chi connectivity index (χ1n) is 4.21. The molecular formula is C10H7F2NO2. The van der Waals surface area contributed by atoms with Gasteiger partial charge in [-0.25, -0.2) is 13.6 Å². The van der Waals surface area contributed by atoms with Crippen LogP contribution in [0.15, 0.2) is 12.1 Å². The molecule has 0 saturated carbocycles. The Kier molecular flexibility index (Phi) is 1.96. The molecule has 0 aliphatic carbocycles. The number of H-pyrrole nitrogens is 1. The average molecular weight is 211 g/mol. The highest BCUT2D eigenvalue weighted by molar-refractivity contribution is 5.95. The van der Waals surface area contributed by atoms with E-state index in [1.54, 1.807) is 0 Å². The Labute approximate surface area is 83.3 Å². The van der Waals surface area contributed by atoms with E-state index in [2.05, 4.69) is 4.98 Å². The van der Waals surface area contributed by atoms with Crippen LogP contribution in [-0.2, 0) is 0 Å². The van der Waals surface area contributed by atoms with Crippen molar-refractivity contribution in [3.05, 3.63) is 35.0 Å². The van der Waals surface area contributed by atoms with Crippen LogP contribution in [-0.4, -0.2) is 16.1 Å². The largest absolute Gasteiger partial charge is 0.477 e. The van der Waals surface area contributed by atoms with E-state index in [4.69, 9.17) is 5.11 Å². The maximum Gasteiger partial charge on any atom is 0.352 e. The zero-order valence-electron chi connectivity index (χ0n) is 7.77. The topological polar surface area (TPSA) is 53.1 Å². The molecule has 1 heterocycles. The minimum atomic E-state index is -1.20. The molecule has 0 spiro atoms. The zero-order chi connectivity index (χ0) is 11.2. The quantitative estimate of drug-likeness (QED) is 0.761. The summed E-state index contributed by atoms with van der Waals surface area (Å²) in [6.45, 7) is 1.46. The summed E-state index contributed by atoms with van der Waals surface area (Å²) < 4.78 is 26.4. The van der Waals surface area contributed by atoms with Crippen LogP contribution in [0.1, 0.15) is 16.1 Å². The Morgan fingerprint density at radius 1 is 1.33 bits per heavy atom. The third kappa shape index (κ3) is 1.36. The number of fused-ring (bicyclic) bond motifs is 1. The van der Waals surface area contributed by atoms with Crippen LogP contribution >= 0.6 is 0 Å². The summed E-state index contributed by atoms with van der Waals surface area (Å²) in [6.07, 6.45) is 0. The molecule has 0 atom stereocenters. The van der Waals surface area contributed by atoms with Gasteiger partial charge >= 0.3 is 5.97 Å². The number of benzene rings is 1. The highest BCUT2D eigenvalue weighted by Gasteiger charge is 2.14. The number of rotatable bonds is 1. The summed E-state index contributed by atoms with van der Waals surface area (Å²) in [5, 5.41) is 8.78. The summed E-state index contributed by atoms with van der Waals surface area (Å²) in [5.74, 6) is -2.67. The molecule has 1 aromatic heterocycles. The number of halogens is 2. The number of hydrogen-bond donors (Lipinski definition) is 2. The van der Waals surface area contributed by atoms with Crippen LogP contribution in [0.2, 0.25) is 0 Å². The molecule has 0 aliphatic rings. The maximum absolute atomic E-state index is 13.3. The summed E-state index contributed by atoms with van der Waals surface area (Å²) in [7, 11) is 0. The van der Waals surface area contributed by atoms with Gasteiger partial charge in [0.25, 0.3) is 0 Å². The Balaban J connectivity index is 2.85. The molecule has 0 saturated heterocycles. The van der Waals surface area contributed by atoms with Crippen molar-refractivity contribution in [2.45, 2.75) is 6.92 Å². The van der Waals surface area contributed by atoms with E-state index in [9.17, 15) is 13.6 Å². The van der Waals surface area contributed by atoms with Crippen molar-refractivity contribution in [1.29, 1.82) is 0 Å². The number of aromatic carboxylic acids is 1. The van der Waals surface area contributed by atoms with Crippen molar-refractivity contribution >= 4 is 16.9 Å². The fourth-order valence-corrected chi connectivity index (χ4v) is 1.47. The monoisotopic (exact) mass is 211 g/mol. The molecule has 5 heteroatoms. The van der Waals surface area contributed by atoms with Gasteiger partial charge in [0, 0.05) is 17.0 Å². The van der Waals surface area contributed by atoms with Crippen molar-refractivity contribution in [3.8, 4) is 0 Å². The molecule has 2 aromatic rings. The summed E-state index contributed by atoms with van der Waals surface area (Å²) in [5.41, 5.74) is 0.237. The van der Waals surface area contributed by atoms with E-state index in [0.717, 1.165) is 12.1 Å². The van der Waals surface area contributed by atoms with Gasteiger partial charge in [-0.1, -0.05) is 0 Å². The van der Waals surface area contributed by atoms with Gasteiger partial charge in [0.1, 0.15) is 17.3 Å².